The predicted molar refractivity (Wildman–Crippen MR) is 135 cm³/mol. The third-order valence-electron chi connectivity index (χ3n) is 5.19. The molecule has 182 valence electrons. The first-order valence-electron chi connectivity index (χ1n) is 10.4. The van der Waals surface area contributed by atoms with Gasteiger partial charge in [-0.25, -0.2) is 4.68 Å². The van der Waals surface area contributed by atoms with E-state index in [1.165, 1.54) is 23.6 Å². The largest absolute Gasteiger partial charge is 0.497 e. The van der Waals surface area contributed by atoms with Crippen molar-refractivity contribution in [1.82, 2.24) is 19.9 Å². The number of nitrogens with zero attached hydrogens (tertiary/aromatic N) is 4. The Labute approximate surface area is 210 Å². The van der Waals surface area contributed by atoms with Crippen molar-refractivity contribution in [3.05, 3.63) is 47.0 Å². The molecular weight excluding hydrogens is 492 g/mol. The van der Waals surface area contributed by atoms with Crippen molar-refractivity contribution < 1.29 is 18.8 Å². The van der Waals surface area contributed by atoms with Crippen LogP contribution in [0, 0.1) is 6.92 Å². The highest BCUT2D eigenvalue weighted by molar-refractivity contribution is 7.98. The van der Waals surface area contributed by atoms with E-state index < -0.39 is 0 Å². The summed E-state index contributed by atoms with van der Waals surface area (Å²) in [4.78, 5) is 17.3. The predicted octanol–water partition coefficient (Wildman–Crippen LogP) is 4.52. The van der Waals surface area contributed by atoms with Crippen LogP contribution < -0.4 is 20.5 Å². The molecule has 0 saturated carbocycles. The molecule has 2 heterocycles. The highest BCUT2D eigenvalue weighted by Gasteiger charge is 2.24. The van der Waals surface area contributed by atoms with Gasteiger partial charge in [0.1, 0.15) is 34.5 Å². The van der Waals surface area contributed by atoms with Crippen LogP contribution in [0.3, 0.4) is 0 Å². The number of ether oxygens (including phenoxy) is 2. The number of aryl methyl sites for hydroxylation is 1. The van der Waals surface area contributed by atoms with Crippen molar-refractivity contribution >= 4 is 40.8 Å². The molecule has 2 aromatic heterocycles. The van der Waals surface area contributed by atoms with E-state index >= 15 is 0 Å². The van der Waals surface area contributed by atoms with Crippen molar-refractivity contribution in [2.45, 2.75) is 18.5 Å². The molecule has 4 aromatic rings. The fourth-order valence-electron chi connectivity index (χ4n) is 3.35. The standard InChI is InChI=1S/C23H23ClN6O4S/c1-12-9-16(17(33-3)10-15(12)24)26-18(31)11-30-20(25)19(23(28-30)35-4)22-27-21(29-34-22)13-5-7-14(32-2)8-6-13/h5-10H,11,25H2,1-4H3,(H,26,31). The molecule has 0 radical (unpaired) electrons. The molecule has 0 unspecified atom stereocenters. The lowest BCUT2D eigenvalue weighted by atomic mass is 10.2. The quantitative estimate of drug-likeness (QED) is 0.326. The average Bonchev–Trinajstić information content (AvgIpc) is 3.45. The molecule has 35 heavy (non-hydrogen) atoms. The third-order valence-corrected chi connectivity index (χ3v) is 6.27. The maximum absolute atomic E-state index is 12.8. The average molecular weight is 515 g/mol. The second-order valence-electron chi connectivity index (χ2n) is 7.43. The summed E-state index contributed by atoms with van der Waals surface area (Å²) in [5.74, 6) is 1.66. The number of rotatable bonds is 8. The molecule has 3 N–H and O–H groups in total. The maximum atomic E-state index is 12.8. The number of amides is 1. The number of nitrogen functional groups attached to an aromatic ring is 1. The van der Waals surface area contributed by atoms with Gasteiger partial charge < -0.3 is 25.0 Å². The van der Waals surface area contributed by atoms with E-state index in [1.807, 2.05) is 25.3 Å². The summed E-state index contributed by atoms with van der Waals surface area (Å²) in [5.41, 5.74) is 8.88. The van der Waals surface area contributed by atoms with Gasteiger partial charge in [-0.1, -0.05) is 16.8 Å². The summed E-state index contributed by atoms with van der Waals surface area (Å²) in [5, 5.41) is 12.4. The highest BCUT2D eigenvalue weighted by Crippen LogP contribution is 2.35. The molecule has 10 nitrogen and oxygen atoms in total. The molecule has 12 heteroatoms. The van der Waals surface area contributed by atoms with Crippen LogP contribution >= 0.6 is 23.4 Å². The number of hydrogen-bond donors (Lipinski definition) is 2. The molecular formula is C23H23ClN6O4S. The van der Waals surface area contributed by atoms with Gasteiger partial charge in [0.15, 0.2) is 0 Å². The minimum Gasteiger partial charge on any atom is -0.497 e. The summed E-state index contributed by atoms with van der Waals surface area (Å²) in [6.07, 6.45) is 1.85. The fourth-order valence-corrected chi connectivity index (χ4v) is 4.08. The zero-order valence-electron chi connectivity index (χ0n) is 19.5. The van der Waals surface area contributed by atoms with Gasteiger partial charge in [0, 0.05) is 16.7 Å². The molecule has 0 aliphatic heterocycles. The van der Waals surface area contributed by atoms with Gasteiger partial charge >= 0.3 is 0 Å². The minimum absolute atomic E-state index is 0.135. The molecule has 0 aliphatic carbocycles. The number of benzene rings is 2. The molecule has 2 aromatic carbocycles. The lowest BCUT2D eigenvalue weighted by Gasteiger charge is -2.12. The van der Waals surface area contributed by atoms with Gasteiger partial charge in [-0.05, 0) is 49.1 Å². The summed E-state index contributed by atoms with van der Waals surface area (Å²) in [6, 6.07) is 10.7. The maximum Gasteiger partial charge on any atom is 0.264 e. The summed E-state index contributed by atoms with van der Waals surface area (Å²) in [7, 11) is 3.10. The number of hydrogen-bond acceptors (Lipinski definition) is 9. The number of nitrogens with two attached hydrogens (primary N) is 1. The highest BCUT2D eigenvalue weighted by atomic mass is 35.5. The third kappa shape index (κ3) is 5.05. The lowest BCUT2D eigenvalue weighted by molar-refractivity contribution is -0.116. The van der Waals surface area contributed by atoms with Gasteiger partial charge in [-0.2, -0.15) is 10.1 Å². The Hall–Kier alpha value is -3.70. The Balaban J connectivity index is 1.58. The van der Waals surface area contributed by atoms with Crippen molar-refractivity contribution in [3.8, 4) is 34.3 Å². The van der Waals surface area contributed by atoms with Crippen LogP contribution in [0.1, 0.15) is 5.56 Å². The minimum atomic E-state index is -0.345. The van der Waals surface area contributed by atoms with E-state index in [2.05, 4.69) is 20.6 Å². The number of thioether (sulfide) groups is 1. The van der Waals surface area contributed by atoms with E-state index in [0.717, 1.165) is 16.9 Å². The van der Waals surface area contributed by atoms with Crippen molar-refractivity contribution in [2.24, 2.45) is 0 Å². The van der Waals surface area contributed by atoms with E-state index in [-0.39, 0.29) is 24.2 Å². The summed E-state index contributed by atoms with van der Waals surface area (Å²) < 4.78 is 17.4. The smallest absolute Gasteiger partial charge is 0.264 e. The Kier molecular flexibility index (Phi) is 7.17. The van der Waals surface area contributed by atoms with Crippen LogP contribution in [0.15, 0.2) is 45.9 Å². The van der Waals surface area contributed by atoms with Gasteiger partial charge in [0.05, 0.1) is 19.9 Å². The van der Waals surface area contributed by atoms with Gasteiger partial charge in [0.25, 0.3) is 5.89 Å². The van der Waals surface area contributed by atoms with E-state index in [0.29, 0.717) is 32.9 Å². The molecule has 4 rings (SSSR count). The van der Waals surface area contributed by atoms with Crippen LogP contribution in [0.4, 0.5) is 11.5 Å². The summed E-state index contributed by atoms with van der Waals surface area (Å²) >= 11 is 7.50. The SMILES string of the molecule is COc1ccc(-c2noc(-c3c(SC)nn(CC(=O)Nc4cc(C)c(Cl)cc4OC)c3N)n2)cc1. The molecule has 0 saturated heterocycles. The van der Waals surface area contributed by atoms with Crippen molar-refractivity contribution in [2.75, 3.05) is 31.5 Å². The van der Waals surface area contributed by atoms with Crippen LogP contribution in [0.2, 0.25) is 5.02 Å². The first kappa shape index (κ1) is 24.4. The number of carbonyl (C=O) groups is 1. The molecule has 0 atom stereocenters. The van der Waals surface area contributed by atoms with Crippen molar-refractivity contribution in [1.29, 1.82) is 0 Å². The first-order chi connectivity index (χ1) is 16.8. The number of halogens is 1. The first-order valence-corrected chi connectivity index (χ1v) is 12.0. The number of methoxy groups -OCH3 is 2. The second kappa shape index (κ2) is 10.3. The van der Waals surface area contributed by atoms with Crippen LogP contribution in [-0.2, 0) is 11.3 Å². The topological polar surface area (TPSA) is 130 Å². The second-order valence-corrected chi connectivity index (χ2v) is 8.63. The molecule has 0 spiro atoms. The zero-order chi connectivity index (χ0) is 25.1. The monoisotopic (exact) mass is 514 g/mol. The molecule has 0 aliphatic rings. The number of anilines is 2. The van der Waals surface area contributed by atoms with Gasteiger partial charge in [0.2, 0.25) is 11.7 Å². The number of aromatic nitrogens is 4. The van der Waals surface area contributed by atoms with E-state index in [1.54, 1.807) is 31.4 Å². The normalized spacial score (nSPS) is 10.9. The Bertz CT molecular complexity index is 1370. The zero-order valence-corrected chi connectivity index (χ0v) is 21.0. The van der Waals surface area contributed by atoms with Gasteiger partial charge in [-0.3, -0.25) is 4.79 Å². The van der Waals surface area contributed by atoms with Crippen LogP contribution in [-0.4, -0.2) is 46.3 Å². The van der Waals surface area contributed by atoms with Gasteiger partial charge in [-0.15, -0.1) is 11.8 Å². The van der Waals surface area contributed by atoms with E-state index in [9.17, 15) is 4.79 Å². The van der Waals surface area contributed by atoms with Crippen LogP contribution in [0.5, 0.6) is 11.5 Å². The van der Waals surface area contributed by atoms with Crippen molar-refractivity contribution in [3.63, 3.8) is 0 Å². The van der Waals surface area contributed by atoms with E-state index in [4.69, 9.17) is 31.3 Å². The summed E-state index contributed by atoms with van der Waals surface area (Å²) in [6.45, 7) is 1.70. The lowest BCUT2D eigenvalue weighted by Crippen LogP contribution is -2.21. The number of nitrogens with one attached hydrogen (secondary N) is 1. The molecule has 0 bridgehead atoms. The van der Waals surface area contributed by atoms with Crippen LogP contribution in [0.25, 0.3) is 22.8 Å². The number of carbonyl (C=O) groups excluding carboxylic acids is 1. The Morgan fingerprint density at radius 2 is 1.97 bits per heavy atom. The fraction of sp³-hybridized carbons (Fsp3) is 0.217. The molecule has 0 fully saturated rings. The molecule has 1 amide bonds. The Morgan fingerprint density at radius 3 is 2.63 bits per heavy atom. The Morgan fingerprint density at radius 1 is 1.23 bits per heavy atom.